The fraction of sp³-hybridized carbons (Fsp3) is 0.196. The van der Waals surface area contributed by atoms with Crippen LogP contribution in [-0.2, 0) is 34.1 Å². The van der Waals surface area contributed by atoms with E-state index in [1.165, 1.54) is 73.4 Å². The Hall–Kier alpha value is -3.87. The van der Waals surface area contributed by atoms with Crippen LogP contribution in [0.1, 0.15) is 61.8 Å². The Morgan fingerprint density at radius 2 is 1.26 bits per heavy atom. The van der Waals surface area contributed by atoms with Gasteiger partial charge in [0.2, 0.25) is 0 Å². The number of hydrogen-bond donors (Lipinski definition) is 0. The number of rotatable bonds is 11. The quantitative estimate of drug-likeness (QED) is 0.124. The summed E-state index contributed by atoms with van der Waals surface area (Å²) in [5.74, 6) is 0. The molecule has 0 aromatic heterocycles. The van der Waals surface area contributed by atoms with Crippen LogP contribution in [-0.4, -0.2) is 3.21 Å². The van der Waals surface area contributed by atoms with Gasteiger partial charge in [0.25, 0.3) is 0 Å². The van der Waals surface area contributed by atoms with Crippen LogP contribution in [0, 0.1) is 12.3 Å². The molecule has 0 saturated heterocycles. The van der Waals surface area contributed by atoms with E-state index in [-0.39, 0.29) is 30.2 Å². The van der Waals surface area contributed by atoms with Crippen LogP contribution < -0.4 is 10.4 Å². The van der Waals surface area contributed by atoms with Crippen molar-refractivity contribution in [3.8, 4) is 11.1 Å². The Kier molecular flexibility index (Phi) is 13.1. The van der Waals surface area contributed by atoms with Gasteiger partial charge in [0.1, 0.15) is 0 Å². The average Bonchev–Trinajstić information content (AvgIpc) is 3.84. The molecule has 3 heteroatoms. The van der Waals surface area contributed by atoms with Gasteiger partial charge in [-0.1, -0.05) is 0 Å². The van der Waals surface area contributed by atoms with Gasteiger partial charge in [0.15, 0.2) is 0 Å². The number of halogens is 2. The fourth-order valence-electron chi connectivity index (χ4n) is 8.83. The molecular weight excluding hydrogens is 775 g/mol. The van der Waals surface area contributed by atoms with E-state index in [4.69, 9.17) is 0 Å². The second-order valence-corrected chi connectivity index (χ2v) is 21.3. The van der Waals surface area contributed by atoms with E-state index in [0.29, 0.717) is 0 Å². The van der Waals surface area contributed by atoms with Crippen LogP contribution in [0.3, 0.4) is 0 Å². The van der Waals surface area contributed by atoms with Gasteiger partial charge in [-0.25, -0.2) is 0 Å². The van der Waals surface area contributed by atoms with Gasteiger partial charge in [-0.3, -0.25) is 0 Å². The Morgan fingerprint density at radius 3 is 1.81 bits per heavy atom. The maximum Gasteiger partial charge on any atom is -0.147 e. The van der Waals surface area contributed by atoms with E-state index in [2.05, 4.69) is 185 Å². The number of fused-ring (bicyclic) bond motifs is 2. The molecule has 0 aliphatic heterocycles. The minimum absolute atomic E-state index is 0. The first kappa shape index (κ1) is 39.8. The Balaban J connectivity index is 0.00000249. The van der Waals surface area contributed by atoms with Crippen molar-refractivity contribution in [2.75, 3.05) is 0 Å². The predicted molar refractivity (Wildman–Crippen MR) is 234 cm³/mol. The number of benzene rings is 5. The van der Waals surface area contributed by atoms with Gasteiger partial charge >= 0.3 is 320 Å². The van der Waals surface area contributed by atoms with Crippen molar-refractivity contribution in [3.63, 3.8) is 0 Å². The summed E-state index contributed by atoms with van der Waals surface area (Å²) in [5, 5.41) is 2.76. The maximum atomic E-state index is 2.63. The van der Waals surface area contributed by atoms with Crippen molar-refractivity contribution in [2.45, 2.75) is 59.3 Å². The van der Waals surface area contributed by atoms with Crippen LogP contribution in [0.25, 0.3) is 28.3 Å². The summed E-state index contributed by atoms with van der Waals surface area (Å²) in [7, 11) is 0. The molecule has 5 aromatic rings. The van der Waals surface area contributed by atoms with E-state index in [0.717, 1.165) is 25.7 Å². The van der Waals surface area contributed by atoms with Gasteiger partial charge in [0, 0.05) is 0 Å². The van der Waals surface area contributed by atoms with Gasteiger partial charge in [-0.15, -0.1) is 24.8 Å². The molecule has 1 atom stereocenters. The van der Waals surface area contributed by atoms with E-state index in [1.807, 2.05) is 0 Å². The van der Waals surface area contributed by atoms with Crippen molar-refractivity contribution in [2.24, 2.45) is 5.41 Å². The van der Waals surface area contributed by atoms with Crippen molar-refractivity contribution in [3.05, 3.63) is 203 Å². The summed E-state index contributed by atoms with van der Waals surface area (Å²) in [6.07, 6.45) is 19.2. The van der Waals surface area contributed by atoms with E-state index < -0.39 is 21.3 Å². The molecule has 0 radical (unpaired) electrons. The number of unbranched alkanes of at least 4 members (excludes halogenated alkanes) is 1. The van der Waals surface area contributed by atoms with Crippen LogP contribution in [0.2, 0.25) is 0 Å². The van der Waals surface area contributed by atoms with Gasteiger partial charge < -0.3 is 0 Å². The van der Waals surface area contributed by atoms with Crippen LogP contribution in [0.4, 0.5) is 0 Å². The van der Waals surface area contributed by atoms with Crippen LogP contribution in [0.5, 0.6) is 0 Å². The molecule has 0 heterocycles. The smallest absolute Gasteiger partial charge is 0.147 e. The number of hydrogen-bond acceptors (Lipinski definition) is 0. The predicted octanol–water partition coefficient (Wildman–Crippen LogP) is 12.1. The topological polar surface area (TPSA) is 0 Å². The van der Waals surface area contributed by atoms with Gasteiger partial charge in [0.05, 0.1) is 0 Å². The first-order valence-corrected chi connectivity index (χ1v) is 22.8. The second-order valence-electron chi connectivity index (χ2n) is 15.0. The summed E-state index contributed by atoms with van der Waals surface area (Å²) in [6, 6.07) is 49.9. The second kappa shape index (κ2) is 17.7. The maximum absolute atomic E-state index is 2.82. The molecule has 0 nitrogen and oxygen atoms in total. The minimum Gasteiger partial charge on any atom is -0.147 e. The molecule has 8 rings (SSSR count). The van der Waals surface area contributed by atoms with Crippen molar-refractivity contribution < 1.29 is 21.3 Å². The molecule has 272 valence electrons. The monoisotopic (exact) mass is 822 g/mol. The van der Waals surface area contributed by atoms with E-state index in [1.54, 1.807) is 9.77 Å². The normalized spacial score (nSPS) is 16.7. The molecule has 3 aliphatic rings. The number of allylic oxidation sites excluding steroid dienone is 8. The molecule has 0 bridgehead atoms. The third-order valence-electron chi connectivity index (χ3n) is 11.4. The van der Waals surface area contributed by atoms with Gasteiger partial charge in [-0.05, 0) is 0 Å². The third-order valence-corrected chi connectivity index (χ3v) is 19.7. The summed E-state index contributed by atoms with van der Waals surface area (Å²) < 4.78 is 5.28. The van der Waals surface area contributed by atoms with E-state index in [9.17, 15) is 0 Å². The average molecular weight is 825 g/mol. The summed E-state index contributed by atoms with van der Waals surface area (Å²) in [4.78, 5) is 0. The van der Waals surface area contributed by atoms with Gasteiger partial charge in [-0.2, -0.15) is 0 Å². The largest absolute Gasteiger partial charge is 0.147 e. The van der Waals surface area contributed by atoms with E-state index >= 15 is 0 Å². The zero-order valence-corrected chi connectivity index (χ0v) is 35.7. The standard InChI is InChI=1S/C31H29.C15H14.C5H5.2ClH.Zr/c1-4-5-16-31(3)21-26-18-25-17-22(2)27(23-12-8-6-9-13-23)19-28(25)29(26)20-30(31)24-14-10-7-11-15-24;1-3-8-14(9-4-1)12-7-13-15-10-5-2-6-11-15;1-2-4-5-3-1;;;/h6-15,17-20H,4-5,16H2,1-3H3;1-6,8-11H,12-13H2;1-3H,4H2;2*1H;. The molecule has 1 unspecified atom stereocenters. The Labute approximate surface area is 342 Å². The molecule has 0 N–H and O–H groups in total. The summed E-state index contributed by atoms with van der Waals surface area (Å²) in [6.45, 7) is 7.28. The summed E-state index contributed by atoms with van der Waals surface area (Å²) in [5.41, 5.74) is 12.6. The van der Waals surface area contributed by atoms with Crippen molar-refractivity contribution in [1.29, 1.82) is 0 Å². The molecule has 0 fully saturated rings. The van der Waals surface area contributed by atoms with Crippen molar-refractivity contribution >= 4 is 45.2 Å². The first-order valence-electron chi connectivity index (χ1n) is 19.1. The van der Waals surface area contributed by atoms with Crippen molar-refractivity contribution in [1.82, 2.24) is 0 Å². The van der Waals surface area contributed by atoms with Crippen LogP contribution >= 0.6 is 24.8 Å². The number of aryl methyl sites for hydroxylation is 1. The molecule has 0 saturated carbocycles. The zero-order valence-electron chi connectivity index (χ0n) is 31.6. The van der Waals surface area contributed by atoms with Crippen LogP contribution in [0.15, 0.2) is 170 Å². The molecule has 5 aromatic carbocycles. The SMILES string of the molecule is CCCCC1(C)C(c2ccccc2)=CC2=c3cc(-c4ccccc4)c(C)cc3=CC2=[C]1[Zr]([C]1=CC=CC1)=[C](Cc1ccccc1)Cc1ccccc1.Cl.Cl. The minimum atomic E-state index is -2.82. The third kappa shape index (κ3) is 7.93. The fourth-order valence-corrected chi connectivity index (χ4v) is 18.1. The summed E-state index contributed by atoms with van der Waals surface area (Å²) >= 11 is -2.82. The molecular formula is C51H50Cl2Zr. The molecule has 3 aliphatic carbocycles. The zero-order chi connectivity index (χ0) is 35.5. The Morgan fingerprint density at radius 1 is 0.685 bits per heavy atom. The first-order chi connectivity index (χ1) is 25.5. The molecule has 54 heavy (non-hydrogen) atoms. The molecule has 0 spiro atoms. The Bertz CT molecular complexity index is 2360. The molecule has 0 amide bonds.